The summed E-state index contributed by atoms with van der Waals surface area (Å²) in [5, 5.41) is 8.19. The van der Waals surface area contributed by atoms with E-state index in [9.17, 15) is 18.0 Å². The maximum atomic E-state index is 13.0. The van der Waals surface area contributed by atoms with Gasteiger partial charge in [-0.05, 0) is 44.0 Å². The lowest BCUT2D eigenvalue weighted by Gasteiger charge is -2.20. The van der Waals surface area contributed by atoms with Crippen LogP contribution < -0.4 is 10.9 Å². The number of rotatable bonds is 5. The fourth-order valence-electron chi connectivity index (χ4n) is 4.01. The standard InChI is InChI=1S/C23H26N4O4S/c1-17-20-11-4-5-12-21(20)23(29)27(25-17)16-22(28)24-18-9-8-10-19(15-18)32(30,31)26-13-6-2-3-7-14-26/h4-5,8-12,15H,2-3,6-7,13-14,16H2,1H3,(H,24,28). The number of sulfonamides is 1. The first-order valence-electron chi connectivity index (χ1n) is 10.7. The molecule has 2 aromatic carbocycles. The zero-order valence-electron chi connectivity index (χ0n) is 18.0. The highest BCUT2D eigenvalue weighted by Crippen LogP contribution is 2.22. The average Bonchev–Trinajstić information content (AvgIpc) is 3.08. The molecule has 2 heterocycles. The molecule has 8 nitrogen and oxygen atoms in total. The van der Waals surface area contributed by atoms with Gasteiger partial charge in [0.2, 0.25) is 15.9 Å². The van der Waals surface area contributed by atoms with Gasteiger partial charge in [0.15, 0.2) is 0 Å². The third-order valence-corrected chi connectivity index (χ3v) is 7.56. The minimum Gasteiger partial charge on any atom is -0.324 e. The van der Waals surface area contributed by atoms with Crippen LogP contribution in [0.1, 0.15) is 31.4 Å². The summed E-state index contributed by atoms with van der Waals surface area (Å²) < 4.78 is 28.7. The molecule has 0 bridgehead atoms. The van der Waals surface area contributed by atoms with E-state index >= 15 is 0 Å². The van der Waals surface area contributed by atoms with E-state index < -0.39 is 15.9 Å². The molecule has 0 atom stereocenters. The normalized spacial score (nSPS) is 15.4. The van der Waals surface area contributed by atoms with Crippen LogP contribution >= 0.6 is 0 Å². The number of hydrogen-bond donors (Lipinski definition) is 1. The zero-order chi connectivity index (χ0) is 22.7. The predicted molar refractivity (Wildman–Crippen MR) is 123 cm³/mol. The Balaban J connectivity index is 1.53. The molecule has 0 saturated carbocycles. The number of amides is 1. The van der Waals surface area contributed by atoms with E-state index in [1.807, 2.05) is 12.1 Å². The van der Waals surface area contributed by atoms with Crippen LogP contribution in [0, 0.1) is 6.92 Å². The number of fused-ring (bicyclic) bond motifs is 1. The zero-order valence-corrected chi connectivity index (χ0v) is 18.8. The van der Waals surface area contributed by atoms with Gasteiger partial charge < -0.3 is 5.32 Å². The molecule has 0 aliphatic carbocycles. The number of aryl methyl sites for hydroxylation is 1. The fraction of sp³-hybridized carbons (Fsp3) is 0.348. The Hall–Kier alpha value is -3.04. The van der Waals surface area contributed by atoms with Crippen molar-refractivity contribution in [3.8, 4) is 0 Å². The van der Waals surface area contributed by atoms with Crippen molar-refractivity contribution < 1.29 is 13.2 Å². The topological polar surface area (TPSA) is 101 Å². The molecule has 1 N–H and O–H groups in total. The third-order valence-electron chi connectivity index (χ3n) is 5.67. The van der Waals surface area contributed by atoms with Gasteiger partial charge in [-0.15, -0.1) is 0 Å². The molecular formula is C23H26N4O4S. The molecule has 168 valence electrons. The van der Waals surface area contributed by atoms with Gasteiger partial charge in [0.05, 0.1) is 16.0 Å². The smallest absolute Gasteiger partial charge is 0.275 e. The van der Waals surface area contributed by atoms with E-state index in [4.69, 9.17) is 0 Å². The quantitative estimate of drug-likeness (QED) is 0.639. The Labute approximate surface area is 186 Å². The van der Waals surface area contributed by atoms with Crippen molar-refractivity contribution in [3.05, 3.63) is 64.6 Å². The highest BCUT2D eigenvalue weighted by atomic mass is 32.2. The lowest BCUT2D eigenvalue weighted by Crippen LogP contribution is -2.32. The summed E-state index contributed by atoms with van der Waals surface area (Å²) in [5.74, 6) is -0.460. The summed E-state index contributed by atoms with van der Waals surface area (Å²) in [6, 6.07) is 13.3. The van der Waals surface area contributed by atoms with Crippen LogP contribution in [0.25, 0.3) is 10.8 Å². The Morgan fingerprint density at radius 3 is 2.41 bits per heavy atom. The van der Waals surface area contributed by atoms with E-state index in [2.05, 4.69) is 10.4 Å². The number of carbonyl (C=O) groups is 1. The Kier molecular flexibility index (Phi) is 6.38. The average molecular weight is 455 g/mol. The molecule has 0 spiro atoms. The molecule has 4 rings (SSSR count). The van der Waals surface area contributed by atoms with Crippen LogP contribution in [0.15, 0.2) is 58.2 Å². The van der Waals surface area contributed by atoms with Gasteiger partial charge in [-0.25, -0.2) is 13.1 Å². The molecule has 1 aliphatic rings. The SMILES string of the molecule is Cc1nn(CC(=O)Nc2cccc(S(=O)(=O)N3CCCCCC3)c2)c(=O)c2ccccc12. The van der Waals surface area contributed by atoms with Crippen molar-refractivity contribution in [3.63, 3.8) is 0 Å². The molecule has 0 unspecified atom stereocenters. The van der Waals surface area contributed by atoms with E-state index in [-0.39, 0.29) is 17.0 Å². The first kappa shape index (κ1) is 22.2. The fourth-order valence-corrected chi connectivity index (χ4v) is 5.58. The number of carbonyl (C=O) groups excluding carboxylic acids is 1. The monoisotopic (exact) mass is 454 g/mol. The van der Waals surface area contributed by atoms with Gasteiger partial charge in [0.1, 0.15) is 6.54 Å². The van der Waals surface area contributed by atoms with E-state index in [1.165, 1.54) is 16.4 Å². The number of nitrogens with one attached hydrogen (secondary N) is 1. The van der Waals surface area contributed by atoms with Crippen molar-refractivity contribution in [2.75, 3.05) is 18.4 Å². The molecule has 32 heavy (non-hydrogen) atoms. The van der Waals surface area contributed by atoms with Crippen molar-refractivity contribution >= 4 is 32.4 Å². The minimum absolute atomic E-state index is 0.147. The molecule has 1 saturated heterocycles. The molecule has 1 fully saturated rings. The summed E-state index contributed by atoms with van der Waals surface area (Å²) in [7, 11) is -3.62. The number of hydrogen-bond acceptors (Lipinski definition) is 5. The first-order chi connectivity index (χ1) is 15.4. The third kappa shape index (κ3) is 4.58. The van der Waals surface area contributed by atoms with Crippen molar-refractivity contribution in [1.82, 2.24) is 14.1 Å². The van der Waals surface area contributed by atoms with Crippen LogP contribution in [0.4, 0.5) is 5.69 Å². The largest absolute Gasteiger partial charge is 0.324 e. The van der Waals surface area contributed by atoms with Gasteiger partial charge in [-0.2, -0.15) is 9.40 Å². The lowest BCUT2D eigenvalue weighted by atomic mass is 10.1. The number of benzene rings is 2. The lowest BCUT2D eigenvalue weighted by molar-refractivity contribution is -0.117. The number of aromatic nitrogens is 2. The van der Waals surface area contributed by atoms with Gasteiger partial charge in [0, 0.05) is 24.2 Å². The van der Waals surface area contributed by atoms with Crippen LogP contribution in [0.5, 0.6) is 0 Å². The maximum Gasteiger partial charge on any atom is 0.275 e. The van der Waals surface area contributed by atoms with Gasteiger partial charge in [0.25, 0.3) is 5.56 Å². The minimum atomic E-state index is -3.62. The highest BCUT2D eigenvalue weighted by molar-refractivity contribution is 7.89. The highest BCUT2D eigenvalue weighted by Gasteiger charge is 2.25. The molecule has 1 aromatic heterocycles. The van der Waals surface area contributed by atoms with Crippen LogP contribution in [0.2, 0.25) is 0 Å². The molecule has 9 heteroatoms. The van der Waals surface area contributed by atoms with Crippen LogP contribution in [0.3, 0.4) is 0 Å². The second-order valence-electron chi connectivity index (χ2n) is 7.99. The van der Waals surface area contributed by atoms with Gasteiger partial charge in [-0.1, -0.05) is 37.1 Å². The molecule has 1 aliphatic heterocycles. The summed E-state index contributed by atoms with van der Waals surface area (Å²) in [5.41, 5.74) is 0.661. The second-order valence-corrected chi connectivity index (χ2v) is 9.93. The molecular weight excluding hydrogens is 428 g/mol. The summed E-state index contributed by atoms with van der Waals surface area (Å²) in [6.45, 7) is 2.53. The predicted octanol–water partition coefficient (Wildman–Crippen LogP) is 2.91. The van der Waals surface area contributed by atoms with Gasteiger partial charge >= 0.3 is 0 Å². The van der Waals surface area contributed by atoms with Crippen LogP contribution in [-0.2, 0) is 21.4 Å². The van der Waals surface area contributed by atoms with Crippen molar-refractivity contribution in [1.29, 1.82) is 0 Å². The molecule has 0 radical (unpaired) electrons. The van der Waals surface area contributed by atoms with E-state index in [0.717, 1.165) is 35.8 Å². The number of nitrogens with zero attached hydrogens (tertiary/aromatic N) is 3. The number of anilines is 1. The first-order valence-corrected chi connectivity index (χ1v) is 12.2. The Morgan fingerprint density at radius 1 is 1.00 bits per heavy atom. The maximum absolute atomic E-state index is 13.0. The second kappa shape index (κ2) is 9.22. The molecule has 1 amide bonds. The van der Waals surface area contributed by atoms with Gasteiger partial charge in [-0.3, -0.25) is 9.59 Å². The van der Waals surface area contributed by atoms with Crippen LogP contribution in [-0.4, -0.2) is 41.5 Å². The van der Waals surface area contributed by atoms with Crippen molar-refractivity contribution in [2.24, 2.45) is 0 Å². The molecule has 3 aromatic rings. The summed E-state index contributed by atoms with van der Waals surface area (Å²) in [4.78, 5) is 25.5. The Bertz CT molecular complexity index is 1310. The van der Waals surface area contributed by atoms with Crippen molar-refractivity contribution in [2.45, 2.75) is 44.0 Å². The van der Waals surface area contributed by atoms with E-state index in [1.54, 1.807) is 31.2 Å². The summed E-state index contributed by atoms with van der Waals surface area (Å²) >= 11 is 0. The van der Waals surface area contributed by atoms with E-state index in [0.29, 0.717) is 29.9 Å². The Morgan fingerprint density at radius 2 is 1.69 bits per heavy atom. The summed E-state index contributed by atoms with van der Waals surface area (Å²) in [6.07, 6.45) is 3.76.